The second kappa shape index (κ2) is 14.4. The molecular formula is C39H53ClN4O5S. The fraction of sp³-hybridized carbons (Fsp3) is 0.615. The third kappa shape index (κ3) is 6.95. The molecule has 7 rings (SSSR count). The molecule has 2 aromatic rings. The highest BCUT2D eigenvalue weighted by Gasteiger charge is 2.50. The minimum atomic E-state index is -3.90. The number of nitrogens with one attached hydrogen (secondary N) is 1. The number of amides is 1. The van der Waals surface area contributed by atoms with Gasteiger partial charge in [0, 0.05) is 68.9 Å². The highest BCUT2D eigenvalue weighted by molar-refractivity contribution is 7.90. The summed E-state index contributed by atoms with van der Waals surface area (Å²) < 4.78 is 42.9. The molecule has 272 valence electrons. The van der Waals surface area contributed by atoms with Crippen molar-refractivity contribution in [2.24, 2.45) is 11.8 Å². The number of anilines is 1. The Morgan fingerprint density at radius 2 is 1.90 bits per heavy atom. The summed E-state index contributed by atoms with van der Waals surface area (Å²) in [6.07, 6.45) is 11.0. The van der Waals surface area contributed by atoms with E-state index in [9.17, 15) is 13.2 Å². The summed E-state index contributed by atoms with van der Waals surface area (Å²) in [5, 5.41) is 0.0663. The molecule has 0 aromatic heterocycles. The van der Waals surface area contributed by atoms with Crippen LogP contribution in [0.25, 0.3) is 0 Å². The van der Waals surface area contributed by atoms with Crippen molar-refractivity contribution in [1.82, 2.24) is 14.5 Å². The topological polar surface area (TPSA) is 91.4 Å². The molecule has 1 saturated heterocycles. The molecule has 50 heavy (non-hydrogen) atoms. The van der Waals surface area contributed by atoms with Gasteiger partial charge in [-0.3, -0.25) is 9.69 Å². The molecule has 2 aliphatic carbocycles. The number of likely N-dealkylation sites (N-methyl/N-ethyl adjacent to an activating group) is 1. The molecular weight excluding hydrogens is 672 g/mol. The first-order valence-electron chi connectivity index (χ1n) is 18.6. The van der Waals surface area contributed by atoms with Crippen LogP contribution in [0.3, 0.4) is 0 Å². The zero-order valence-corrected chi connectivity index (χ0v) is 31.4. The van der Waals surface area contributed by atoms with E-state index >= 15 is 0 Å². The van der Waals surface area contributed by atoms with Crippen molar-refractivity contribution < 1.29 is 22.7 Å². The van der Waals surface area contributed by atoms with E-state index in [0.717, 1.165) is 94.4 Å². The Morgan fingerprint density at radius 3 is 2.64 bits per heavy atom. The van der Waals surface area contributed by atoms with Crippen molar-refractivity contribution in [2.45, 2.75) is 74.6 Å². The van der Waals surface area contributed by atoms with Gasteiger partial charge < -0.3 is 19.3 Å². The van der Waals surface area contributed by atoms with Gasteiger partial charge in [-0.05, 0) is 112 Å². The quantitative estimate of drug-likeness (QED) is 0.405. The van der Waals surface area contributed by atoms with Crippen molar-refractivity contribution >= 4 is 33.2 Å². The first-order chi connectivity index (χ1) is 24.0. The molecule has 11 heteroatoms. The monoisotopic (exact) mass is 724 g/mol. The minimum absolute atomic E-state index is 0.255. The van der Waals surface area contributed by atoms with Crippen LogP contribution in [0.1, 0.15) is 73.4 Å². The molecule has 1 saturated carbocycles. The predicted octanol–water partition coefficient (Wildman–Crippen LogP) is 5.66. The Kier molecular flexibility index (Phi) is 10.3. The fourth-order valence-corrected chi connectivity index (χ4v) is 10.9. The molecule has 3 aliphatic heterocycles. The first-order valence-corrected chi connectivity index (χ1v) is 20.5. The summed E-state index contributed by atoms with van der Waals surface area (Å²) >= 11 is 6.49. The van der Waals surface area contributed by atoms with Gasteiger partial charge in [-0.2, -0.15) is 0 Å². The molecule has 2 bridgehead atoms. The number of fused-ring (bicyclic) bond motifs is 4. The van der Waals surface area contributed by atoms with Crippen molar-refractivity contribution in [3.8, 4) is 5.75 Å². The van der Waals surface area contributed by atoms with E-state index in [2.05, 4.69) is 50.8 Å². The number of piperazine rings is 1. The molecule has 2 fully saturated rings. The number of carbonyl (C=O) groups is 1. The van der Waals surface area contributed by atoms with Crippen molar-refractivity contribution in [3.05, 3.63) is 70.3 Å². The van der Waals surface area contributed by atoms with E-state index in [1.807, 2.05) is 32.2 Å². The number of hydrogen-bond acceptors (Lipinski definition) is 8. The normalized spacial score (nSPS) is 32.5. The smallest absolute Gasteiger partial charge is 0.264 e. The number of sulfonamides is 1. The summed E-state index contributed by atoms with van der Waals surface area (Å²) in [6, 6.07) is 11.7. The number of hydrogen-bond donors (Lipinski definition) is 1. The molecule has 5 aliphatic rings. The molecule has 1 amide bonds. The van der Waals surface area contributed by atoms with Gasteiger partial charge >= 0.3 is 0 Å². The van der Waals surface area contributed by atoms with Gasteiger partial charge in [-0.1, -0.05) is 36.7 Å². The third-order valence-corrected chi connectivity index (χ3v) is 14.6. The number of ether oxygens (including phenoxy) is 2. The molecule has 9 nitrogen and oxygen atoms in total. The predicted molar refractivity (Wildman–Crippen MR) is 199 cm³/mol. The maximum atomic E-state index is 13.6. The van der Waals surface area contributed by atoms with Gasteiger partial charge in [0.2, 0.25) is 10.0 Å². The van der Waals surface area contributed by atoms with Crippen LogP contribution < -0.4 is 14.4 Å². The summed E-state index contributed by atoms with van der Waals surface area (Å²) in [4.78, 5) is 21.0. The van der Waals surface area contributed by atoms with E-state index < -0.39 is 26.8 Å². The van der Waals surface area contributed by atoms with Crippen LogP contribution in [0.5, 0.6) is 5.75 Å². The third-order valence-electron chi connectivity index (χ3n) is 12.4. The second-order valence-electron chi connectivity index (χ2n) is 15.5. The zero-order valence-electron chi connectivity index (χ0n) is 29.8. The number of rotatable bonds is 4. The standard InChI is InChI=1S/C39H53ClN4O5S/c1-4-32-9-5-6-17-39(48-3,26-43-20-18-42(2)19-21-43)34-13-10-30(34)24-44-25-38(16-7-8-28-22-31(40)12-14-33(28)38)27-49-36-15-11-29(23-35(36)44)37(45)41-50(32,46)47/h6,11-12,14-15,17,22-23,30,32,34H,4-5,7-10,13,16,18-21,24-27H2,1-3H3,(H,41,45)/b17-6-/t30-,32+,34+,38-,39+/m0/s1. The largest absolute Gasteiger partial charge is 0.490 e. The maximum Gasteiger partial charge on any atom is 0.264 e. The molecule has 1 N–H and O–H groups in total. The Labute approximate surface area is 303 Å². The molecule has 2 aromatic carbocycles. The average Bonchev–Trinajstić information content (AvgIpc) is 3.23. The Hall–Kier alpha value is -2.63. The van der Waals surface area contributed by atoms with E-state index in [0.29, 0.717) is 37.4 Å². The van der Waals surface area contributed by atoms with Crippen LogP contribution in [0.4, 0.5) is 5.69 Å². The number of aryl methyl sites for hydroxylation is 1. The van der Waals surface area contributed by atoms with Gasteiger partial charge in [-0.25, -0.2) is 13.1 Å². The SMILES string of the molecule is CC[C@@H]1CC/C=C\[C@](CN2CCN(C)CC2)(OC)[C@@H]2CC[C@H]2CN2C[C@@]3(CCCc4cc(Cl)ccc43)COc3ccc(cc32)C(=O)NS1(=O)=O. The minimum Gasteiger partial charge on any atom is -0.490 e. The van der Waals surface area contributed by atoms with E-state index in [1.54, 1.807) is 6.07 Å². The van der Waals surface area contributed by atoms with Gasteiger partial charge in [0.05, 0.1) is 17.5 Å². The van der Waals surface area contributed by atoms with Crippen molar-refractivity contribution in [3.63, 3.8) is 0 Å². The lowest BCUT2D eigenvalue weighted by Gasteiger charge is -2.52. The van der Waals surface area contributed by atoms with Gasteiger partial charge in [-0.15, -0.1) is 0 Å². The summed E-state index contributed by atoms with van der Waals surface area (Å²) in [5.41, 5.74) is 2.98. The number of methoxy groups -OCH3 is 1. The second-order valence-corrected chi connectivity index (χ2v) is 17.9. The Morgan fingerprint density at radius 1 is 1.08 bits per heavy atom. The van der Waals surface area contributed by atoms with Crippen molar-refractivity contribution in [1.29, 1.82) is 0 Å². The highest BCUT2D eigenvalue weighted by atomic mass is 35.5. The fourth-order valence-electron chi connectivity index (χ4n) is 9.32. The van der Waals surface area contributed by atoms with Crippen LogP contribution in [0.2, 0.25) is 5.02 Å². The number of allylic oxidation sites excluding steroid dienone is 1. The number of benzene rings is 2. The van der Waals surface area contributed by atoms with Crippen molar-refractivity contribution in [2.75, 3.05) is 71.5 Å². The number of halogens is 1. The maximum absolute atomic E-state index is 13.6. The lowest BCUT2D eigenvalue weighted by atomic mass is 9.63. The molecule has 1 spiro atoms. The molecule has 3 heterocycles. The Bertz CT molecular complexity index is 1710. The molecule has 5 atom stereocenters. The highest BCUT2D eigenvalue weighted by Crippen LogP contribution is 2.49. The Balaban J connectivity index is 1.30. The molecule has 0 radical (unpaired) electrons. The first kappa shape index (κ1) is 35.8. The van der Waals surface area contributed by atoms with Crippen LogP contribution >= 0.6 is 11.6 Å². The van der Waals surface area contributed by atoms with E-state index in [-0.39, 0.29) is 11.3 Å². The zero-order chi connectivity index (χ0) is 35.1. The van der Waals surface area contributed by atoms with Gasteiger partial charge in [0.25, 0.3) is 5.91 Å². The number of carbonyl (C=O) groups excluding carboxylic acids is 1. The number of nitrogens with zero attached hydrogens (tertiary/aromatic N) is 3. The summed E-state index contributed by atoms with van der Waals surface area (Å²) in [5.74, 6) is 0.769. The lowest BCUT2D eigenvalue weighted by Crippen LogP contribution is -2.58. The van der Waals surface area contributed by atoms with E-state index in [1.165, 1.54) is 11.1 Å². The van der Waals surface area contributed by atoms with Crippen LogP contribution in [-0.4, -0.2) is 102 Å². The lowest BCUT2D eigenvalue weighted by molar-refractivity contribution is -0.0949. The average molecular weight is 725 g/mol. The summed E-state index contributed by atoms with van der Waals surface area (Å²) in [7, 11) is 0.126. The van der Waals surface area contributed by atoms with Crippen LogP contribution in [-0.2, 0) is 26.6 Å². The van der Waals surface area contributed by atoms with Crippen LogP contribution in [0.15, 0.2) is 48.6 Å². The van der Waals surface area contributed by atoms with Gasteiger partial charge in [0.15, 0.2) is 0 Å². The molecule has 0 unspecified atom stereocenters. The van der Waals surface area contributed by atoms with Crippen LogP contribution in [0, 0.1) is 11.8 Å². The van der Waals surface area contributed by atoms with E-state index in [4.69, 9.17) is 21.1 Å². The summed E-state index contributed by atoms with van der Waals surface area (Å²) in [6.45, 7) is 8.76. The van der Waals surface area contributed by atoms with Gasteiger partial charge in [0.1, 0.15) is 11.4 Å².